The van der Waals surface area contributed by atoms with Crippen LogP contribution in [0, 0.1) is 11.3 Å². The van der Waals surface area contributed by atoms with Gasteiger partial charge in [0.2, 0.25) is 0 Å². The Balaban J connectivity index is 2.51. The van der Waals surface area contributed by atoms with Gasteiger partial charge in [-0.25, -0.2) is 0 Å². The number of rotatable bonds is 10. The highest BCUT2D eigenvalue weighted by Gasteiger charge is 2.34. The number of hydrogen-bond donors (Lipinski definition) is 0. The lowest BCUT2D eigenvalue weighted by Gasteiger charge is -2.31. The minimum Gasteiger partial charge on any atom is -0.467 e. The van der Waals surface area contributed by atoms with E-state index in [0.29, 0.717) is 19.4 Å². The zero-order valence-corrected chi connectivity index (χ0v) is 11.1. The van der Waals surface area contributed by atoms with Gasteiger partial charge in [0.05, 0.1) is 11.3 Å². The average Bonchev–Trinajstić information content (AvgIpc) is 2.36. The van der Waals surface area contributed by atoms with Crippen LogP contribution in [0.4, 0.5) is 0 Å². The highest BCUT2D eigenvalue weighted by Crippen LogP contribution is 2.29. The van der Waals surface area contributed by atoms with Gasteiger partial charge in [-0.05, 0) is 19.3 Å². The first-order valence-corrected chi connectivity index (χ1v) is 6.44. The van der Waals surface area contributed by atoms with Crippen molar-refractivity contribution in [1.29, 1.82) is 0 Å². The zero-order chi connectivity index (χ0) is 14.1. The van der Waals surface area contributed by atoms with Crippen LogP contribution in [-0.2, 0) is 28.6 Å². The standard InChI is InChI=1S/C13H20O6/c1-2-13(6-17-9-14,7-18-10-15)8-19-12(16)11-4-3-5-11/h9-11H,2-8H2,1H3. The molecule has 0 heterocycles. The van der Waals surface area contributed by atoms with Crippen molar-refractivity contribution in [3.8, 4) is 0 Å². The number of esters is 1. The van der Waals surface area contributed by atoms with Crippen molar-refractivity contribution in [2.75, 3.05) is 19.8 Å². The SMILES string of the molecule is CCC(COC=O)(COC=O)COC(=O)C1CCC1. The van der Waals surface area contributed by atoms with E-state index in [1.807, 2.05) is 6.92 Å². The predicted molar refractivity (Wildman–Crippen MR) is 65.1 cm³/mol. The van der Waals surface area contributed by atoms with Gasteiger partial charge in [-0.3, -0.25) is 14.4 Å². The molecule has 0 atom stereocenters. The van der Waals surface area contributed by atoms with Crippen molar-refractivity contribution in [2.24, 2.45) is 11.3 Å². The van der Waals surface area contributed by atoms with Gasteiger partial charge in [-0.1, -0.05) is 13.3 Å². The third-order valence-corrected chi connectivity index (χ3v) is 3.62. The minimum absolute atomic E-state index is 0.00599. The molecule has 1 saturated carbocycles. The molecule has 0 unspecified atom stereocenters. The number of carbonyl (C=O) groups is 3. The maximum absolute atomic E-state index is 11.7. The van der Waals surface area contributed by atoms with Crippen LogP contribution in [0.1, 0.15) is 32.6 Å². The van der Waals surface area contributed by atoms with Gasteiger partial charge in [-0.2, -0.15) is 0 Å². The second-order valence-electron chi connectivity index (χ2n) is 4.90. The summed E-state index contributed by atoms with van der Waals surface area (Å²) in [5.74, 6) is -0.227. The molecule has 6 heteroatoms. The maximum atomic E-state index is 11.7. The van der Waals surface area contributed by atoms with E-state index in [1.54, 1.807) is 0 Å². The van der Waals surface area contributed by atoms with Crippen molar-refractivity contribution in [3.05, 3.63) is 0 Å². The molecule has 0 aromatic carbocycles. The molecule has 1 fully saturated rings. The molecular formula is C13H20O6. The highest BCUT2D eigenvalue weighted by molar-refractivity contribution is 5.73. The van der Waals surface area contributed by atoms with Gasteiger partial charge in [0, 0.05) is 0 Å². The molecule has 0 N–H and O–H groups in total. The van der Waals surface area contributed by atoms with Crippen LogP contribution >= 0.6 is 0 Å². The van der Waals surface area contributed by atoms with E-state index in [1.165, 1.54) is 0 Å². The average molecular weight is 272 g/mol. The van der Waals surface area contributed by atoms with Crippen LogP contribution in [0.3, 0.4) is 0 Å². The maximum Gasteiger partial charge on any atom is 0.308 e. The summed E-state index contributed by atoms with van der Waals surface area (Å²) in [5.41, 5.74) is -0.665. The summed E-state index contributed by atoms with van der Waals surface area (Å²) in [6, 6.07) is 0. The summed E-state index contributed by atoms with van der Waals surface area (Å²) < 4.78 is 14.8. The van der Waals surface area contributed by atoms with Gasteiger partial charge in [0.15, 0.2) is 0 Å². The third kappa shape index (κ3) is 4.54. The first kappa shape index (κ1) is 15.5. The second-order valence-corrected chi connectivity index (χ2v) is 4.90. The van der Waals surface area contributed by atoms with Crippen molar-refractivity contribution in [3.63, 3.8) is 0 Å². The molecule has 108 valence electrons. The van der Waals surface area contributed by atoms with Gasteiger partial charge in [-0.15, -0.1) is 0 Å². The number of ether oxygens (including phenoxy) is 3. The molecular weight excluding hydrogens is 252 g/mol. The molecule has 0 aromatic rings. The molecule has 0 aromatic heterocycles. The van der Waals surface area contributed by atoms with Gasteiger partial charge < -0.3 is 14.2 Å². The van der Waals surface area contributed by atoms with Gasteiger partial charge >= 0.3 is 5.97 Å². The first-order valence-electron chi connectivity index (χ1n) is 6.44. The largest absolute Gasteiger partial charge is 0.467 e. The lowest BCUT2D eigenvalue weighted by molar-refractivity contribution is -0.160. The monoisotopic (exact) mass is 272 g/mol. The van der Waals surface area contributed by atoms with Crippen molar-refractivity contribution in [2.45, 2.75) is 32.6 Å². The Morgan fingerprint density at radius 1 is 1.16 bits per heavy atom. The zero-order valence-electron chi connectivity index (χ0n) is 11.1. The quantitative estimate of drug-likeness (QED) is 0.336. The van der Waals surface area contributed by atoms with Crippen molar-refractivity contribution >= 4 is 18.9 Å². The van der Waals surface area contributed by atoms with Gasteiger partial charge in [0.25, 0.3) is 12.9 Å². The Kier molecular flexibility index (Phi) is 6.32. The molecule has 0 amide bonds. The summed E-state index contributed by atoms with van der Waals surface area (Å²) in [4.78, 5) is 32.3. The van der Waals surface area contributed by atoms with E-state index in [4.69, 9.17) is 14.2 Å². The first-order chi connectivity index (χ1) is 9.17. The van der Waals surface area contributed by atoms with Crippen molar-refractivity contribution < 1.29 is 28.6 Å². The Morgan fingerprint density at radius 2 is 1.74 bits per heavy atom. The summed E-state index contributed by atoms with van der Waals surface area (Å²) in [6.45, 7) is 2.72. The lowest BCUT2D eigenvalue weighted by Crippen LogP contribution is -2.38. The van der Waals surface area contributed by atoms with E-state index in [-0.39, 0.29) is 31.7 Å². The lowest BCUT2D eigenvalue weighted by atomic mass is 9.85. The van der Waals surface area contributed by atoms with Crippen LogP contribution in [-0.4, -0.2) is 38.7 Å². The smallest absolute Gasteiger partial charge is 0.308 e. The molecule has 0 saturated heterocycles. The Labute approximate surface area is 112 Å². The fourth-order valence-electron chi connectivity index (χ4n) is 1.84. The number of hydrogen-bond acceptors (Lipinski definition) is 6. The normalized spacial score (nSPS) is 15.2. The summed E-state index contributed by atoms with van der Waals surface area (Å²) in [7, 11) is 0. The van der Waals surface area contributed by atoms with E-state index in [2.05, 4.69) is 0 Å². The Morgan fingerprint density at radius 3 is 2.11 bits per heavy atom. The highest BCUT2D eigenvalue weighted by atomic mass is 16.6. The summed E-state index contributed by atoms with van der Waals surface area (Å²) in [6.07, 6.45) is 3.36. The topological polar surface area (TPSA) is 78.9 Å². The molecule has 0 bridgehead atoms. The van der Waals surface area contributed by atoms with Crippen LogP contribution < -0.4 is 0 Å². The van der Waals surface area contributed by atoms with Crippen LogP contribution in [0.2, 0.25) is 0 Å². The number of carbonyl (C=O) groups excluding carboxylic acids is 3. The van der Waals surface area contributed by atoms with E-state index >= 15 is 0 Å². The third-order valence-electron chi connectivity index (χ3n) is 3.62. The van der Waals surface area contributed by atoms with Crippen LogP contribution in [0.25, 0.3) is 0 Å². The molecule has 1 aliphatic rings. The molecule has 0 spiro atoms. The minimum atomic E-state index is -0.665. The molecule has 0 radical (unpaired) electrons. The predicted octanol–water partition coefficient (Wildman–Crippen LogP) is 1.07. The molecule has 0 aliphatic heterocycles. The summed E-state index contributed by atoms with van der Waals surface area (Å²) >= 11 is 0. The van der Waals surface area contributed by atoms with E-state index in [0.717, 1.165) is 19.3 Å². The summed E-state index contributed by atoms with van der Waals surface area (Å²) in [5, 5.41) is 0. The fraction of sp³-hybridized carbons (Fsp3) is 0.769. The van der Waals surface area contributed by atoms with Gasteiger partial charge in [0.1, 0.15) is 19.8 Å². The van der Waals surface area contributed by atoms with E-state index < -0.39 is 5.41 Å². The fourth-order valence-corrected chi connectivity index (χ4v) is 1.84. The molecule has 6 nitrogen and oxygen atoms in total. The molecule has 1 aliphatic carbocycles. The van der Waals surface area contributed by atoms with E-state index in [9.17, 15) is 14.4 Å². The second kappa shape index (κ2) is 7.76. The Bertz CT molecular complexity index is 298. The van der Waals surface area contributed by atoms with Crippen LogP contribution in [0.15, 0.2) is 0 Å². The molecule has 19 heavy (non-hydrogen) atoms. The van der Waals surface area contributed by atoms with Crippen LogP contribution in [0.5, 0.6) is 0 Å². The molecule has 1 rings (SSSR count). The van der Waals surface area contributed by atoms with Crippen molar-refractivity contribution in [1.82, 2.24) is 0 Å². The Hall–Kier alpha value is -1.59.